The number of ether oxygens (including phenoxy) is 2. The number of anilines is 1. The Morgan fingerprint density at radius 2 is 1.18 bits per heavy atom. The normalized spacial score (nSPS) is 12.0. The Morgan fingerprint density at radius 1 is 0.631 bits per heavy atom. The maximum atomic E-state index is 13.5. The molecule has 0 aliphatic heterocycles. The number of methoxy groups -OCH3 is 2. The number of benzene rings is 6. The van der Waals surface area contributed by atoms with Crippen LogP contribution in [-0.4, -0.2) is 56.6 Å². The first kappa shape index (κ1) is 46.5. The number of nitrogens with one attached hydrogen (secondary N) is 4. The second-order valence-electron chi connectivity index (χ2n) is 15.2. The molecular formula is C54H53N5O6. The summed E-state index contributed by atoms with van der Waals surface area (Å²) in [6, 6.07) is 50.1. The molecule has 0 saturated heterocycles. The molecule has 6 aromatic carbocycles. The fourth-order valence-electron chi connectivity index (χ4n) is 7.39. The first-order chi connectivity index (χ1) is 31.6. The van der Waals surface area contributed by atoms with E-state index in [0.29, 0.717) is 29.8 Å². The van der Waals surface area contributed by atoms with Crippen molar-refractivity contribution in [1.29, 1.82) is 5.41 Å². The number of Topliss-reactive ketones (excluding diaryl/α,β-unsaturated/α-hetero) is 1. The maximum Gasteiger partial charge on any atom is 0.310 e. The van der Waals surface area contributed by atoms with E-state index in [2.05, 4.69) is 28.1 Å². The lowest BCUT2D eigenvalue weighted by Gasteiger charge is -2.20. The van der Waals surface area contributed by atoms with Crippen LogP contribution in [0.5, 0.6) is 5.75 Å². The molecule has 7 rings (SSSR count). The Bertz CT molecular complexity index is 2650. The number of nitrogens with two attached hydrogens (primary N) is 1. The van der Waals surface area contributed by atoms with Gasteiger partial charge >= 0.3 is 5.97 Å². The summed E-state index contributed by atoms with van der Waals surface area (Å²) in [5, 5.41) is 16.8. The Kier molecular flexibility index (Phi) is 16.7. The number of ketones is 2. The third-order valence-corrected chi connectivity index (χ3v) is 10.7. The standard InChI is InChI=1S/C30H28N4O3.C24H25NO3/c31-30(32)23-13-11-21(12-14-23)19-34-27(36)17-24-28(22-9-5-2-6-10-22)26(35)18-25(29(24)37)33-16-15-20-7-3-1-4-8-20;1-27-23(26)17-21-20(19-11-7-4-8-12-19)13-14-22(24(21)28-2)25-16-15-18-9-5-3-6-10-18/h1-14,18,33H,15-17,19H2,(H3,31,32)(H,34,36);3-14,25H,15-17H2,1-2H3. The molecule has 65 heavy (non-hydrogen) atoms. The number of carbonyl (C=O) groups excluding carboxylic acids is 4. The van der Waals surface area contributed by atoms with Crippen LogP contribution in [0, 0.1) is 5.41 Å². The van der Waals surface area contributed by atoms with Gasteiger partial charge in [-0.1, -0.05) is 152 Å². The van der Waals surface area contributed by atoms with Gasteiger partial charge in [-0.15, -0.1) is 0 Å². The zero-order valence-corrected chi connectivity index (χ0v) is 36.6. The Hall–Kier alpha value is -8.05. The van der Waals surface area contributed by atoms with Crippen LogP contribution in [0.4, 0.5) is 5.69 Å². The van der Waals surface area contributed by atoms with E-state index in [0.717, 1.165) is 46.5 Å². The topological polar surface area (TPSA) is 173 Å². The fraction of sp³-hybridized carbons (Fsp3) is 0.167. The molecule has 0 atom stereocenters. The van der Waals surface area contributed by atoms with Gasteiger partial charge in [-0.25, -0.2) is 0 Å². The molecular weight excluding hydrogens is 815 g/mol. The summed E-state index contributed by atoms with van der Waals surface area (Å²) in [7, 11) is 3.03. The Labute approximate surface area is 379 Å². The van der Waals surface area contributed by atoms with Gasteiger partial charge in [0, 0.05) is 48.0 Å². The van der Waals surface area contributed by atoms with Gasteiger partial charge in [-0.3, -0.25) is 24.6 Å². The first-order valence-corrected chi connectivity index (χ1v) is 21.3. The number of rotatable bonds is 18. The molecule has 1 aliphatic carbocycles. The summed E-state index contributed by atoms with van der Waals surface area (Å²) in [4.78, 5) is 51.5. The Balaban J connectivity index is 0.000000224. The van der Waals surface area contributed by atoms with E-state index in [1.165, 1.54) is 18.7 Å². The molecule has 0 unspecified atom stereocenters. The van der Waals surface area contributed by atoms with E-state index in [-0.39, 0.29) is 65.5 Å². The van der Waals surface area contributed by atoms with Crippen LogP contribution >= 0.6 is 0 Å². The van der Waals surface area contributed by atoms with E-state index in [4.69, 9.17) is 20.6 Å². The molecule has 0 fully saturated rings. The van der Waals surface area contributed by atoms with Crippen LogP contribution in [0.1, 0.15) is 39.8 Å². The minimum Gasteiger partial charge on any atom is -0.494 e. The van der Waals surface area contributed by atoms with Crippen LogP contribution in [-0.2, 0) is 49.7 Å². The minimum atomic E-state index is -0.370. The van der Waals surface area contributed by atoms with Gasteiger partial charge in [-0.2, -0.15) is 0 Å². The molecule has 0 heterocycles. The highest BCUT2D eigenvalue weighted by Gasteiger charge is 2.30. The molecule has 6 aromatic rings. The molecule has 330 valence electrons. The number of esters is 1. The van der Waals surface area contributed by atoms with Crippen LogP contribution in [0.15, 0.2) is 175 Å². The zero-order chi connectivity index (χ0) is 46.0. The number of carbonyl (C=O) groups is 4. The van der Waals surface area contributed by atoms with Crippen molar-refractivity contribution >= 4 is 40.5 Å². The van der Waals surface area contributed by atoms with Gasteiger partial charge in [0.05, 0.1) is 38.4 Å². The van der Waals surface area contributed by atoms with Crippen molar-refractivity contribution in [1.82, 2.24) is 10.6 Å². The molecule has 1 aliphatic rings. The van der Waals surface area contributed by atoms with E-state index in [9.17, 15) is 19.2 Å². The molecule has 1 amide bonds. The summed E-state index contributed by atoms with van der Waals surface area (Å²) in [6.45, 7) is 1.49. The maximum absolute atomic E-state index is 13.5. The number of hydrogen-bond donors (Lipinski definition) is 5. The van der Waals surface area contributed by atoms with Crippen molar-refractivity contribution in [3.05, 3.63) is 208 Å². The van der Waals surface area contributed by atoms with Crippen LogP contribution in [0.25, 0.3) is 16.7 Å². The minimum absolute atomic E-state index is 0.0299. The van der Waals surface area contributed by atoms with Crippen LogP contribution in [0.3, 0.4) is 0 Å². The highest BCUT2D eigenvalue weighted by Crippen LogP contribution is 2.37. The van der Waals surface area contributed by atoms with Gasteiger partial charge in [0.25, 0.3) is 0 Å². The van der Waals surface area contributed by atoms with E-state index in [1.807, 2.05) is 97.1 Å². The second-order valence-corrected chi connectivity index (χ2v) is 15.2. The van der Waals surface area contributed by atoms with Crippen molar-refractivity contribution in [3.8, 4) is 16.9 Å². The first-order valence-electron chi connectivity index (χ1n) is 21.3. The van der Waals surface area contributed by atoms with Crippen LogP contribution < -0.4 is 26.4 Å². The molecule has 0 radical (unpaired) electrons. The van der Waals surface area contributed by atoms with Gasteiger partial charge < -0.3 is 31.2 Å². The van der Waals surface area contributed by atoms with Gasteiger partial charge in [-0.05, 0) is 52.3 Å². The smallest absolute Gasteiger partial charge is 0.310 e. The van der Waals surface area contributed by atoms with Crippen molar-refractivity contribution < 1.29 is 28.7 Å². The number of allylic oxidation sites excluding steroid dienone is 3. The van der Waals surface area contributed by atoms with E-state index < -0.39 is 0 Å². The predicted molar refractivity (Wildman–Crippen MR) is 256 cm³/mol. The van der Waals surface area contributed by atoms with Crippen molar-refractivity contribution in [3.63, 3.8) is 0 Å². The molecule has 11 heteroatoms. The van der Waals surface area contributed by atoms with Crippen LogP contribution in [0.2, 0.25) is 0 Å². The molecule has 0 saturated carbocycles. The molecule has 11 nitrogen and oxygen atoms in total. The highest BCUT2D eigenvalue weighted by molar-refractivity contribution is 6.37. The summed E-state index contributed by atoms with van der Waals surface area (Å²) >= 11 is 0. The SMILES string of the molecule is COC(=O)Cc1c(-c2ccccc2)ccc(NCCc2ccccc2)c1OC.N=C(N)c1ccc(CNC(=O)CC2=C(c3ccccc3)C(=O)C=C(NCCc3ccccc3)C2=O)cc1. The lowest BCUT2D eigenvalue weighted by molar-refractivity contribution is -0.139. The summed E-state index contributed by atoms with van der Waals surface area (Å²) in [5.74, 6) is -0.678. The summed E-state index contributed by atoms with van der Waals surface area (Å²) in [6.07, 6.45) is 2.84. The second kappa shape index (κ2) is 23.4. The average molecular weight is 868 g/mol. The van der Waals surface area contributed by atoms with Gasteiger partial charge in [0.15, 0.2) is 5.78 Å². The van der Waals surface area contributed by atoms with Crippen molar-refractivity contribution in [2.45, 2.75) is 32.2 Å². The van der Waals surface area contributed by atoms with E-state index in [1.54, 1.807) is 55.6 Å². The molecule has 6 N–H and O–H groups in total. The molecule has 0 bridgehead atoms. The predicted octanol–water partition coefficient (Wildman–Crippen LogP) is 8.03. The highest BCUT2D eigenvalue weighted by atomic mass is 16.5. The third kappa shape index (κ3) is 13.0. The lowest BCUT2D eigenvalue weighted by Crippen LogP contribution is -2.32. The van der Waals surface area contributed by atoms with Crippen molar-refractivity contribution in [2.24, 2.45) is 5.73 Å². The average Bonchev–Trinajstić information content (AvgIpc) is 3.34. The quantitative estimate of drug-likeness (QED) is 0.0248. The monoisotopic (exact) mass is 867 g/mol. The summed E-state index contributed by atoms with van der Waals surface area (Å²) < 4.78 is 10.6. The fourth-order valence-corrected chi connectivity index (χ4v) is 7.39. The molecule has 0 aromatic heterocycles. The van der Waals surface area contributed by atoms with E-state index >= 15 is 0 Å². The van der Waals surface area contributed by atoms with Gasteiger partial charge in [0.2, 0.25) is 11.7 Å². The summed E-state index contributed by atoms with van der Waals surface area (Å²) in [5.41, 5.74) is 14.2. The van der Waals surface area contributed by atoms with Crippen molar-refractivity contribution in [2.75, 3.05) is 32.6 Å². The third-order valence-electron chi connectivity index (χ3n) is 10.7. The van der Waals surface area contributed by atoms with Gasteiger partial charge in [0.1, 0.15) is 11.6 Å². The zero-order valence-electron chi connectivity index (χ0n) is 36.6. The molecule has 0 spiro atoms. The lowest BCUT2D eigenvalue weighted by atomic mass is 9.86. The number of nitrogen functional groups attached to an aromatic ring is 1. The number of amides is 1. The number of amidine groups is 1. The largest absolute Gasteiger partial charge is 0.494 e. The Morgan fingerprint density at radius 3 is 1.74 bits per heavy atom. The number of hydrogen-bond acceptors (Lipinski definition) is 9.